The summed E-state index contributed by atoms with van der Waals surface area (Å²) in [6.07, 6.45) is 1.71. The average Bonchev–Trinajstić information content (AvgIpc) is 3.09. The quantitative estimate of drug-likeness (QED) is 0.756. The molecule has 1 aromatic carbocycles. The van der Waals surface area contributed by atoms with Gasteiger partial charge in [-0.3, -0.25) is 14.0 Å². The number of aromatic nitrogens is 2. The molecule has 7 nitrogen and oxygen atoms in total. The highest BCUT2D eigenvalue weighted by atomic mass is 16.2. The second-order valence-electron chi connectivity index (χ2n) is 5.86. The smallest absolute Gasteiger partial charge is 0.290 e. The summed E-state index contributed by atoms with van der Waals surface area (Å²) in [5.74, 6) is -0.468. The second-order valence-corrected chi connectivity index (χ2v) is 5.86. The fourth-order valence-corrected chi connectivity index (χ4v) is 2.86. The van der Waals surface area contributed by atoms with E-state index in [0.717, 1.165) is 0 Å². The SMILES string of the molecule is CCN(CC)C(=O)c1nc(C(=O)Nc2cccc(C#N)c2)c2ccccn12. The second kappa shape index (κ2) is 7.70. The zero-order valence-electron chi connectivity index (χ0n) is 15.1. The number of nitriles is 1. The number of nitrogens with zero attached hydrogens (tertiary/aromatic N) is 4. The number of nitrogens with one attached hydrogen (secondary N) is 1. The van der Waals surface area contributed by atoms with Crippen LogP contribution < -0.4 is 5.32 Å². The van der Waals surface area contributed by atoms with Gasteiger partial charge < -0.3 is 10.2 Å². The Kier molecular flexibility index (Phi) is 5.18. The number of hydrogen-bond acceptors (Lipinski definition) is 4. The molecule has 1 N–H and O–H groups in total. The van der Waals surface area contributed by atoms with E-state index in [1.165, 1.54) is 0 Å². The maximum absolute atomic E-state index is 12.8. The molecule has 3 aromatic rings. The molecular formula is C20H19N5O2. The maximum atomic E-state index is 12.8. The van der Waals surface area contributed by atoms with Gasteiger partial charge in [0.15, 0.2) is 5.69 Å². The predicted molar refractivity (Wildman–Crippen MR) is 102 cm³/mol. The van der Waals surface area contributed by atoms with Crippen molar-refractivity contribution in [2.24, 2.45) is 0 Å². The minimum Gasteiger partial charge on any atom is -0.337 e. The molecule has 0 fully saturated rings. The third kappa shape index (κ3) is 3.51. The minimum atomic E-state index is -0.438. The number of pyridine rings is 1. The number of benzene rings is 1. The average molecular weight is 361 g/mol. The third-order valence-electron chi connectivity index (χ3n) is 4.25. The summed E-state index contributed by atoms with van der Waals surface area (Å²) in [6, 6.07) is 14.0. The molecule has 0 atom stereocenters. The Balaban J connectivity index is 2.00. The molecule has 136 valence electrons. The van der Waals surface area contributed by atoms with Crippen molar-refractivity contribution < 1.29 is 9.59 Å². The van der Waals surface area contributed by atoms with Crippen LogP contribution in [0.25, 0.3) is 5.52 Å². The fourth-order valence-electron chi connectivity index (χ4n) is 2.86. The monoisotopic (exact) mass is 361 g/mol. The minimum absolute atomic E-state index is 0.161. The van der Waals surface area contributed by atoms with Crippen molar-refractivity contribution in [1.82, 2.24) is 14.3 Å². The number of rotatable bonds is 5. The first-order valence-corrected chi connectivity index (χ1v) is 8.66. The fraction of sp³-hybridized carbons (Fsp3) is 0.200. The van der Waals surface area contributed by atoms with Crippen LogP contribution in [-0.4, -0.2) is 39.2 Å². The zero-order valence-corrected chi connectivity index (χ0v) is 15.1. The first-order chi connectivity index (χ1) is 13.1. The number of amides is 2. The van der Waals surface area contributed by atoms with Crippen LogP contribution in [0.1, 0.15) is 40.5 Å². The Labute approximate surface area is 156 Å². The molecule has 0 radical (unpaired) electrons. The Morgan fingerprint density at radius 2 is 1.96 bits per heavy atom. The first kappa shape index (κ1) is 18.1. The summed E-state index contributed by atoms with van der Waals surface area (Å²) in [7, 11) is 0. The highest BCUT2D eigenvalue weighted by Crippen LogP contribution is 2.17. The Morgan fingerprint density at radius 1 is 1.19 bits per heavy atom. The van der Waals surface area contributed by atoms with Gasteiger partial charge in [-0.2, -0.15) is 5.26 Å². The summed E-state index contributed by atoms with van der Waals surface area (Å²) in [6.45, 7) is 4.90. The number of carbonyl (C=O) groups is 2. The van der Waals surface area contributed by atoms with Crippen LogP contribution in [0.4, 0.5) is 5.69 Å². The summed E-state index contributed by atoms with van der Waals surface area (Å²) < 4.78 is 1.63. The van der Waals surface area contributed by atoms with E-state index in [0.29, 0.717) is 29.9 Å². The third-order valence-corrected chi connectivity index (χ3v) is 4.25. The Morgan fingerprint density at radius 3 is 2.67 bits per heavy atom. The van der Waals surface area contributed by atoms with Gasteiger partial charge in [0.05, 0.1) is 17.1 Å². The molecule has 0 spiro atoms. The van der Waals surface area contributed by atoms with Crippen molar-refractivity contribution >= 4 is 23.0 Å². The number of hydrogen-bond donors (Lipinski definition) is 1. The molecular weight excluding hydrogens is 342 g/mol. The van der Waals surface area contributed by atoms with E-state index in [1.807, 2.05) is 19.9 Å². The van der Waals surface area contributed by atoms with Gasteiger partial charge in [0.1, 0.15) is 0 Å². The molecule has 0 saturated carbocycles. The largest absolute Gasteiger partial charge is 0.337 e. The molecule has 0 aliphatic carbocycles. The lowest BCUT2D eigenvalue weighted by Crippen LogP contribution is -2.32. The van der Waals surface area contributed by atoms with Crippen molar-refractivity contribution in [2.75, 3.05) is 18.4 Å². The van der Waals surface area contributed by atoms with Gasteiger partial charge in [0.25, 0.3) is 11.8 Å². The van der Waals surface area contributed by atoms with E-state index in [4.69, 9.17) is 5.26 Å². The molecule has 2 heterocycles. The first-order valence-electron chi connectivity index (χ1n) is 8.66. The van der Waals surface area contributed by atoms with Crippen molar-refractivity contribution in [2.45, 2.75) is 13.8 Å². The van der Waals surface area contributed by atoms with E-state index >= 15 is 0 Å². The number of anilines is 1. The van der Waals surface area contributed by atoms with Crippen LogP contribution in [0.3, 0.4) is 0 Å². The molecule has 27 heavy (non-hydrogen) atoms. The number of imidazole rings is 1. The van der Waals surface area contributed by atoms with Gasteiger partial charge in [-0.15, -0.1) is 0 Å². The van der Waals surface area contributed by atoms with E-state index in [2.05, 4.69) is 10.3 Å². The van der Waals surface area contributed by atoms with Crippen molar-refractivity contribution in [1.29, 1.82) is 5.26 Å². The van der Waals surface area contributed by atoms with E-state index in [9.17, 15) is 9.59 Å². The van der Waals surface area contributed by atoms with Crippen LogP contribution in [-0.2, 0) is 0 Å². The van der Waals surface area contributed by atoms with Crippen LogP contribution in [0.2, 0.25) is 0 Å². The summed E-state index contributed by atoms with van der Waals surface area (Å²) in [4.78, 5) is 31.5. The topological polar surface area (TPSA) is 90.5 Å². The molecule has 0 aliphatic rings. The normalized spacial score (nSPS) is 10.4. The lowest BCUT2D eigenvalue weighted by molar-refractivity contribution is 0.0760. The van der Waals surface area contributed by atoms with Crippen molar-refractivity contribution in [3.63, 3.8) is 0 Å². The van der Waals surface area contributed by atoms with Crippen LogP contribution in [0, 0.1) is 11.3 Å². The van der Waals surface area contributed by atoms with Gasteiger partial charge in [0, 0.05) is 25.0 Å². The van der Waals surface area contributed by atoms with E-state index in [1.54, 1.807) is 58.0 Å². The standard InChI is InChI=1S/C20H19N5O2/c1-3-24(4-2)20(27)18-23-17(16-10-5-6-11-25(16)18)19(26)22-15-9-7-8-14(12-15)13-21/h5-12H,3-4H2,1-2H3,(H,22,26). The molecule has 0 unspecified atom stereocenters. The lowest BCUT2D eigenvalue weighted by atomic mass is 10.2. The number of carbonyl (C=O) groups excluding carboxylic acids is 2. The highest BCUT2D eigenvalue weighted by Gasteiger charge is 2.24. The van der Waals surface area contributed by atoms with Gasteiger partial charge in [-0.25, -0.2) is 4.98 Å². The Hall–Kier alpha value is -3.66. The predicted octanol–water partition coefficient (Wildman–Crippen LogP) is 2.94. The highest BCUT2D eigenvalue weighted by molar-refractivity contribution is 6.09. The molecule has 0 aliphatic heterocycles. The lowest BCUT2D eigenvalue weighted by Gasteiger charge is -2.17. The van der Waals surface area contributed by atoms with Crippen LogP contribution >= 0.6 is 0 Å². The molecule has 0 saturated heterocycles. The summed E-state index contributed by atoms with van der Waals surface area (Å²) in [5.41, 5.74) is 1.64. The van der Waals surface area contributed by atoms with E-state index in [-0.39, 0.29) is 17.4 Å². The molecule has 7 heteroatoms. The molecule has 2 aromatic heterocycles. The van der Waals surface area contributed by atoms with E-state index < -0.39 is 5.91 Å². The van der Waals surface area contributed by atoms with Crippen molar-refractivity contribution in [3.8, 4) is 6.07 Å². The molecule has 2 amide bonds. The van der Waals surface area contributed by atoms with Gasteiger partial charge in [0.2, 0.25) is 5.82 Å². The zero-order chi connectivity index (χ0) is 19.4. The molecule has 3 rings (SSSR count). The summed E-state index contributed by atoms with van der Waals surface area (Å²) >= 11 is 0. The summed E-state index contributed by atoms with van der Waals surface area (Å²) in [5, 5.41) is 11.7. The Bertz CT molecular complexity index is 1040. The maximum Gasteiger partial charge on any atom is 0.290 e. The van der Waals surface area contributed by atoms with Crippen LogP contribution in [0.15, 0.2) is 48.7 Å². The van der Waals surface area contributed by atoms with Gasteiger partial charge in [-0.05, 0) is 44.2 Å². The van der Waals surface area contributed by atoms with Gasteiger partial charge in [-0.1, -0.05) is 12.1 Å². The van der Waals surface area contributed by atoms with Crippen molar-refractivity contribution in [3.05, 3.63) is 65.7 Å². The molecule has 0 bridgehead atoms. The van der Waals surface area contributed by atoms with Crippen LogP contribution in [0.5, 0.6) is 0 Å². The van der Waals surface area contributed by atoms with Gasteiger partial charge >= 0.3 is 0 Å². The number of fused-ring (bicyclic) bond motifs is 1.